The van der Waals surface area contributed by atoms with E-state index in [1.807, 2.05) is 29.8 Å². The highest BCUT2D eigenvalue weighted by atomic mass is 16.5. The predicted molar refractivity (Wildman–Crippen MR) is 75.8 cm³/mol. The SMILES string of the molecule is CCc1nn(-c2ccccn2)c(CC)c1CC(=O)OC. The Hall–Kier alpha value is -2.17. The van der Waals surface area contributed by atoms with Crippen LogP contribution in [0.1, 0.15) is 30.8 Å². The van der Waals surface area contributed by atoms with Crippen LogP contribution >= 0.6 is 0 Å². The smallest absolute Gasteiger partial charge is 0.310 e. The predicted octanol–water partition coefficient (Wildman–Crippen LogP) is 2.11. The van der Waals surface area contributed by atoms with Crippen LogP contribution < -0.4 is 0 Å². The largest absolute Gasteiger partial charge is 0.469 e. The zero-order valence-corrected chi connectivity index (χ0v) is 12.1. The molecule has 2 heterocycles. The number of methoxy groups -OCH3 is 1. The van der Waals surface area contributed by atoms with Crippen molar-refractivity contribution in [2.24, 2.45) is 0 Å². The average Bonchev–Trinajstić information content (AvgIpc) is 2.85. The Morgan fingerprint density at radius 1 is 1.30 bits per heavy atom. The summed E-state index contributed by atoms with van der Waals surface area (Å²) in [5, 5.41) is 4.60. The molecule has 0 N–H and O–H groups in total. The van der Waals surface area contributed by atoms with Crippen molar-refractivity contribution in [1.29, 1.82) is 0 Å². The quantitative estimate of drug-likeness (QED) is 0.783. The number of ether oxygens (including phenoxy) is 1. The third-order valence-electron chi connectivity index (χ3n) is 3.26. The molecule has 20 heavy (non-hydrogen) atoms. The zero-order chi connectivity index (χ0) is 14.5. The molecule has 2 rings (SSSR count). The minimum atomic E-state index is -0.241. The lowest BCUT2D eigenvalue weighted by Crippen LogP contribution is -2.09. The molecule has 0 aliphatic heterocycles. The number of pyridine rings is 1. The van der Waals surface area contributed by atoms with Crippen LogP contribution in [-0.2, 0) is 28.8 Å². The molecule has 0 saturated heterocycles. The minimum Gasteiger partial charge on any atom is -0.469 e. The van der Waals surface area contributed by atoms with Gasteiger partial charge in [-0.15, -0.1) is 0 Å². The first kappa shape index (κ1) is 14.2. The summed E-state index contributed by atoms with van der Waals surface area (Å²) in [6.07, 6.45) is 3.56. The first-order chi connectivity index (χ1) is 9.71. The maximum absolute atomic E-state index is 11.6. The Bertz CT molecular complexity index is 591. The number of esters is 1. The second kappa shape index (κ2) is 6.32. The second-order valence-corrected chi connectivity index (χ2v) is 4.43. The molecule has 0 aromatic carbocycles. The summed E-state index contributed by atoms with van der Waals surface area (Å²) in [7, 11) is 1.41. The van der Waals surface area contributed by atoms with Crippen LogP contribution in [0.15, 0.2) is 24.4 Å². The molecule has 5 nitrogen and oxygen atoms in total. The van der Waals surface area contributed by atoms with Gasteiger partial charge in [-0.2, -0.15) is 5.10 Å². The molecule has 0 saturated carbocycles. The summed E-state index contributed by atoms with van der Waals surface area (Å²) in [5.74, 6) is 0.533. The number of hydrogen-bond donors (Lipinski definition) is 0. The Kier molecular flexibility index (Phi) is 4.50. The molecular weight excluding hydrogens is 254 g/mol. The first-order valence-corrected chi connectivity index (χ1v) is 6.79. The Labute approximate surface area is 118 Å². The Morgan fingerprint density at radius 2 is 2.10 bits per heavy atom. The van der Waals surface area contributed by atoms with Crippen LogP contribution in [0.4, 0.5) is 0 Å². The van der Waals surface area contributed by atoms with E-state index < -0.39 is 0 Å². The van der Waals surface area contributed by atoms with Crippen LogP contribution in [0, 0.1) is 0 Å². The zero-order valence-electron chi connectivity index (χ0n) is 12.1. The summed E-state index contributed by atoms with van der Waals surface area (Å²) in [6, 6.07) is 5.71. The van der Waals surface area contributed by atoms with Gasteiger partial charge in [0.2, 0.25) is 0 Å². The van der Waals surface area contributed by atoms with Gasteiger partial charge in [0.1, 0.15) is 0 Å². The van der Waals surface area contributed by atoms with Gasteiger partial charge in [-0.25, -0.2) is 9.67 Å². The molecule has 0 aliphatic carbocycles. The van der Waals surface area contributed by atoms with Gasteiger partial charge in [-0.3, -0.25) is 4.79 Å². The van der Waals surface area contributed by atoms with Crippen molar-refractivity contribution in [3.05, 3.63) is 41.3 Å². The lowest BCUT2D eigenvalue weighted by Gasteiger charge is -2.06. The Balaban J connectivity index is 2.51. The van der Waals surface area contributed by atoms with E-state index in [-0.39, 0.29) is 12.4 Å². The van der Waals surface area contributed by atoms with Crippen LogP contribution in [0.3, 0.4) is 0 Å². The van der Waals surface area contributed by atoms with Gasteiger partial charge >= 0.3 is 5.97 Å². The normalized spacial score (nSPS) is 10.6. The minimum absolute atomic E-state index is 0.241. The van der Waals surface area contributed by atoms with Crippen molar-refractivity contribution in [3.8, 4) is 5.82 Å². The number of carbonyl (C=O) groups is 1. The van der Waals surface area contributed by atoms with Gasteiger partial charge in [-0.1, -0.05) is 19.9 Å². The molecule has 0 radical (unpaired) electrons. The molecule has 0 unspecified atom stereocenters. The van der Waals surface area contributed by atoms with Crippen LogP contribution in [0.2, 0.25) is 0 Å². The molecule has 2 aromatic heterocycles. The van der Waals surface area contributed by atoms with E-state index in [4.69, 9.17) is 4.74 Å². The molecule has 5 heteroatoms. The van der Waals surface area contributed by atoms with E-state index in [2.05, 4.69) is 17.0 Å². The summed E-state index contributed by atoms with van der Waals surface area (Å²) >= 11 is 0. The van der Waals surface area contributed by atoms with E-state index in [9.17, 15) is 4.79 Å². The van der Waals surface area contributed by atoms with Crippen LogP contribution in [0.25, 0.3) is 5.82 Å². The maximum atomic E-state index is 11.6. The van der Waals surface area contributed by atoms with Gasteiger partial charge in [0.25, 0.3) is 0 Å². The topological polar surface area (TPSA) is 57.0 Å². The number of carbonyl (C=O) groups excluding carboxylic acids is 1. The van der Waals surface area contributed by atoms with Gasteiger partial charge < -0.3 is 4.74 Å². The molecule has 0 atom stereocenters. The molecule has 0 bridgehead atoms. The molecule has 0 aliphatic rings. The highest BCUT2D eigenvalue weighted by molar-refractivity contribution is 5.73. The van der Waals surface area contributed by atoms with Crippen LogP contribution in [0.5, 0.6) is 0 Å². The number of nitrogens with zero attached hydrogens (tertiary/aromatic N) is 3. The highest BCUT2D eigenvalue weighted by Gasteiger charge is 2.19. The molecule has 2 aromatic rings. The van der Waals surface area contributed by atoms with Gasteiger partial charge in [-0.05, 0) is 25.0 Å². The fourth-order valence-electron chi connectivity index (χ4n) is 2.27. The van der Waals surface area contributed by atoms with Crippen molar-refractivity contribution in [1.82, 2.24) is 14.8 Å². The first-order valence-electron chi connectivity index (χ1n) is 6.79. The van der Waals surface area contributed by atoms with E-state index in [0.29, 0.717) is 0 Å². The van der Waals surface area contributed by atoms with Crippen molar-refractivity contribution in [2.75, 3.05) is 7.11 Å². The highest BCUT2D eigenvalue weighted by Crippen LogP contribution is 2.20. The standard InChI is InChI=1S/C15H19N3O2/c1-4-12-11(10-15(19)20-3)13(5-2)18(17-12)14-8-6-7-9-16-14/h6-9H,4-5,10H2,1-3H3. The number of aryl methyl sites for hydroxylation is 1. The van der Waals surface area contributed by atoms with E-state index in [0.717, 1.165) is 35.6 Å². The fraction of sp³-hybridized carbons (Fsp3) is 0.400. The lowest BCUT2D eigenvalue weighted by molar-refractivity contribution is -0.139. The fourth-order valence-corrected chi connectivity index (χ4v) is 2.27. The third-order valence-corrected chi connectivity index (χ3v) is 3.26. The molecular formula is C15H19N3O2. The summed E-state index contributed by atoms with van der Waals surface area (Å²) in [5.41, 5.74) is 2.91. The summed E-state index contributed by atoms with van der Waals surface area (Å²) in [4.78, 5) is 15.9. The number of aromatic nitrogens is 3. The van der Waals surface area contributed by atoms with Crippen molar-refractivity contribution < 1.29 is 9.53 Å². The monoisotopic (exact) mass is 273 g/mol. The molecule has 106 valence electrons. The van der Waals surface area contributed by atoms with Crippen molar-refractivity contribution >= 4 is 5.97 Å². The number of hydrogen-bond acceptors (Lipinski definition) is 4. The summed E-state index contributed by atoms with van der Waals surface area (Å²) < 4.78 is 6.61. The van der Waals surface area contributed by atoms with E-state index in [1.54, 1.807) is 6.20 Å². The van der Waals surface area contributed by atoms with Gasteiger partial charge in [0.05, 0.1) is 19.2 Å². The Morgan fingerprint density at radius 3 is 2.65 bits per heavy atom. The third kappa shape index (κ3) is 2.71. The van der Waals surface area contributed by atoms with Gasteiger partial charge in [0.15, 0.2) is 5.82 Å². The average molecular weight is 273 g/mol. The van der Waals surface area contributed by atoms with E-state index in [1.165, 1.54) is 7.11 Å². The number of rotatable bonds is 5. The molecule has 0 amide bonds. The van der Waals surface area contributed by atoms with E-state index >= 15 is 0 Å². The molecule has 0 fully saturated rings. The second-order valence-electron chi connectivity index (χ2n) is 4.43. The molecule has 0 spiro atoms. The van der Waals surface area contributed by atoms with Crippen LogP contribution in [-0.4, -0.2) is 27.8 Å². The van der Waals surface area contributed by atoms with Gasteiger partial charge in [0, 0.05) is 17.5 Å². The maximum Gasteiger partial charge on any atom is 0.310 e. The lowest BCUT2D eigenvalue weighted by atomic mass is 10.1. The van der Waals surface area contributed by atoms with Crippen molar-refractivity contribution in [3.63, 3.8) is 0 Å². The summed E-state index contributed by atoms with van der Waals surface area (Å²) in [6.45, 7) is 4.09. The van der Waals surface area contributed by atoms with Crippen molar-refractivity contribution in [2.45, 2.75) is 33.1 Å².